The first-order valence-electron chi connectivity index (χ1n) is 7.27. The molecule has 1 heterocycles. The van der Waals surface area contributed by atoms with Gasteiger partial charge in [-0.05, 0) is 69.6 Å². The average molecular weight is 291 g/mol. The van der Waals surface area contributed by atoms with Gasteiger partial charge in [0.15, 0.2) is 5.84 Å². The van der Waals surface area contributed by atoms with Gasteiger partial charge in [-0.1, -0.05) is 0 Å². The Kier molecular flexibility index (Phi) is 8.23. The molecule has 0 aromatic heterocycles. The summed E-state index contributed by atoms with van der Waals surface area (Å²) in [7, 11) is 1.50. The van der Waals surface area contributed by atoms with E-state index in [1.165, 1.54) is 19.9 Å². The molecule has 6 nitrogen and oxygen atoms in total. The van der Waals surface area contributed by atoms with Gasteiger partial charge in [0.05, 0.1) is 6.61 Å². The lowest BCUT2D eigenvalue weighted by molar-refractivity contribution is 0.252. The van der Waals surface area contributed by atoms with E-state index >= 15 is 0 Å². The van der Waals surface area contributed by atoms with Crippen LogP contribution in [0, 0.1) is 16.9 Å². The quantitative estimate of drug-likeness (QED) is 0.380. The first-order chi connectivity index (χ1) is 10.3. The summed E-state index contributed by atoms with van der Waals surface area (Å²) >= 11 is 0. The van der Waals surface area contributed by atoms with Crippen LogP contribution in [-0.4, -0.2) is 32.6 Å². The molecule has 2 rings (SSSR count). The van der Waals surface area contributed by atoms with E-state index in [2.05, 4.69) is 16.2 Å². The summed E-state index contributed by atoms with van der Waals surface area (Å²) in [6.07, 6.45) is 3.58. The number of benzene rings is 1. The van der Waals surface area contributed by atoms with Crippen LogP contribution in [0.1, 0.15) is 24.8 Å². The number of hydrogen-bond acceptors (Lipinski definition) is 5. The number of amidine groups is 1. The van der Waals surface area contributed by atoms with Crippen LogP contribution in [0.3, 0.4) is 0 Å². The molecule has 0 aliphatic carbocycles. The van der Waals surface area contributed by atoms with Crippen molar-refractivity contribution in [3.05, 3.63) is 29.8 Å². The Balaban J connectivity index is 0.00000106. The maximum Gasteiger partial charge on any atom is 0.173 e. The molecule has 116 valence electrons. The van der Waals surface area contributed by atoms with E-state index in [-0.39, 0.29) is 5.84 Å². The summed E-state index contributed by atoms with van der Waals surface area (Å²) in [4.78, 5) is 0. The highest BCUT2D eigenvalue weighted by Gasteiger charge is 2.12. The SMILES string of the molecule is CN.N=NC(=N)c1ccc(OCCC2CCNCC2)cc1. The minimum absolute atomic E-state index is 0.0266. The second-order valence-corrected chi connectivity index (χ2v) is 4.82. The molecule has 0 saturated carbocycles. The van der Waals surface area contributed by atoms with Gasteiger partial charge in [0, 0.05) is 5.56 Å². The summed E-state index contributed by atoms with van der Waals surface area (Å²) in [5.41, 5.74) is 11.9. The van der Waals surface area contributed by atoms with E-state index in [0.717, 1.165) is 37.8 Å². The number of nitrogens with one attached hydrogen (secondary N) is 3. The van der Waals surface area contributed by atoms with Gasteiger partial charge in [-0.15, -0.1) is 5.11 Å². The van der Waals surface area contributed by atoms with Crippen molar-refractivity contribution in [1.82, 2.24) is 5.32 Å². The van der Waals surface area contributed by atoms with Crippen LogP contribution in [0.5, 0.6) is 5.75 Å². The predicted molar refractivity (Wildman–Crippen MR) is 84.2 cm³/mol. The number of rotatable bonds is 5. The molecule has 1 aliphatic rings. The minimum Gasteiger partial charge on any atom is -0.494 e. The van der Waals surface area contributed by atoms with Crippen molar-refractivity contribution in [3.63, 3.8) is 0 Å². The highest BCUT2D eigenvalue weighted by molar-refractivity contribution is 5.96. The zero-order valence-corrected chi connectivity index (χ0v) is 12.6. The first-order valence-corrected chi connectivity index (χ1v) is 7.27. The minimum atomic E-state index is -0.0266. The average Bonchev–Trinajstić information content (AvgIpc) is 2.57. The summed E-state index contributed by atoms with van der Waals surface area (Å²) < 4.78 is 5.71. The molecule has 5 N–H and O–H groups in total. The maximum atomic E-state index is 7.42. The Morgan fingerprint density at radius 3 is 2.48 bits per heavy atom. The molecule has 0 atom stereocenters. The van der Waals surface area contributed by atoms with E-state index in [1.54, 1.807) is 12.1 Å². The van der Waals surface area contributed by atoms with E-state index < -0.39 is 0 Å². The third-order valence-electron chi connectivity index (χ3n) is 3.49. The van der Waals surface area contributed by atoms with Crippen molar-refractivity contribution in [1.29, 1.82) is 10.9 Å². The molecular formula is C15H25N5O. The Bertz CT molecular complexity index is 426. The largest absolute Gasteiger partial charge is 0.494 e. The molecule has 0 radical (unpaired) electrons. The van der Waals surface area contributed by atoms with Crippen molar-refractivity contribution in [2.75, 3.05) is 26.7 Å². The molecule has 1 aromatic rings. The third kappa shape index (κ3) is 6.01. The first kappa shape index (κ1) is 17.3. The van der Waals surface area contributed by atoms with E-state index in [1.807, 2.05) is 12.1 Å². The lowest BCUT2D eigenvalue weighted by Gasteiger charge is -2.22. The van der Waals surface area contributed by atoms with Crippen molar-refractivity contribution >= 4 is 5.84 Å². The number of ether oxygens (including phenoxy) is 1. The summed E-state index contributed by atoms with van der Waals surface area (Å²) in [5.74, 6) is 1.56. The molecule has 0 bridgehead atoms. The van der Waals surface area contributed by atoms with E-state index in [9.17, 15) is 0 Å². The Hall–Kier alpha value is -1.79. The molecule has 1 aromatic carbocycles. The van der Waals surface area contributed by atoms with Crippen LogP contribution < -0.4 is 15.8 Å². The lowest BCUT2D eigenvalue weighted by Crippen LogP contribution is -2.28. The van der Waals surface area contributed by atoms with E-state index in [0.29, 0.717) is 5.56 Å². The zero-order valence-electron chi connectivity index (χ0n) is 12.6. The molecule has 0 spiro atoms. The van der Waals surface area contributed by atoms with Crippen LogP contribution in [0.4, 0.5) is 0 Å². The van der Waals surface area contributed by atoms with Gasteiger partial charge < -0.3 is 15.8 Å². The van der Waals surface area contributed by atoms with Crippen molar-refractivity contribution in [3.8, 4) is 5.75 Å². The second-order valence-electron chi connectivity index (χ2n) is 4.82. The second kappa shape index (κ2) is 10.0. The summed E-state index contributed by atoms with van der Waals surface area (Å²) in [5, 5.41) is 13.9. The van der Waals surface area contributed by atoms with Gasteiger partial charge >= 0.3 is 0 Å². The van der Waals surface area contributed by atoms with Gasteiger partial charge in [0.2, 0.25) is 0 Å². The topological polar surface area (TPSA) is 107 Å². The van der Waals surface area contributed by atoms with Crippen molar-refractivity contribution < 1.29 is 4.74 Å². The normalized spacial score (nSPS) is 14.8. The van der Waals surface area contributed by atoms with Gasteiger partial charge in [0.1, 0.15) is 5.75 Å². The monoisotopic (exact) mass is 291 g/mol. The van der Waals surface area contributed by atoms with Crippen molar-refractivity contribution in [2.45, 2.75) is 19.3 Å². The summed E-state index contributed by atoms with van der Waals surface area (Å²) in [6.45, 7) is 2.99. The fourth-order valence-corrected chi connectivity index (χ4v) is 2.29. The molecule has 1 aliphatic heterocycles. The maximum absolute atomic E-state index is 7.42. The molecule has 21 heavy (non-hydrogen) atoms. The van der Waals surface area contributed by atoms with Crippen LogP contribution in [0.15, 0.2) is 29.4 Å². The smallest absolute Gasteiger partial charge is 0.173 e. The van der Waals surface area contributed by atoms with Crippen LogP contribution in [0.25, 0.3) is 0 Å². The molecule has 6 heteroatoms. The fraction of sp³-hybridized carbons (Fsp3) is 0.533. The highest BCUT2D eigenvalue weighted by Crippen LogP contribution is 2.18. The fourth-order valence-electron chi connectivity index (χ4n) is 2.29. The molecule has 0 amide bonds. The van der Waals surface area contributed by atoms with Gasteiger partial charge in [-0.3, -0.25) is 5.41 Å². The molecule has 1 saturated heterocycles. The number of hydrogen-bond donors (Lipinski definition) is 4. The van der Waals surface area contributed by atoms with Gasteiger partial charge in [0.25, 0.3) is 0 Å². The Labute approximate surface area is 126 Å². The molecule has 1 fully saturated rings. The highest BCUT2D eigenvalue weighted by atomic mass is 16.5. The predicted octanol–water partition coefficient (Wildman–Crippen LogP) is 2.39. The van der Waals surface area contributed by atoms with Crippen LogP contribution in [0.2, 0.25) is 0 Å². The standard InChI is InChI=1S/C14H20N4O.CH5N/c15-14(18-16)12-1-3-13(4-2-12)19-10-7-11-5-8-17-9-6-11;1-2/h1-4,11,15-17H,5-10H2;2H2,1H3. The number of nitrogens with two attached hydrogens (primary N) is 1. The number of nitrogens with zero attached hydrogens (tertiary/aromatic N) is 1. The van der Waals surface area contributed by atoms with E-state index in [4.69, 9.17) is 15.7 Å². The summed E-state index contributed by atoms with van der Waals surface area (Å²) in [6, 6.07) is 7.19. The Morgan fingerprint density at radius 1 is 1.29 bits per heavy atom. The van der Waals surface area contributed by atoms with Crippen LogP contribution >= 0.6 is 0 Å². The molecule has 0 unspecified atom stereocenters. The van der Waals surface area contributed by atoms with Gasteiger partial charge in [-0.2, -0.15) is 0 Å². The van der Waals surface area contributed by atoms with Gasteiger partial charge in [-0.25, -0.2) is 5.53 Å². The van der Waals surface area contributed by atoms with Crippen molar-refractivity contribution in [2.24, 2.45) is 16.8 Å². The third-order valence-corrected chi connectivity index (χ3v) is 3.49. The zero-order chi connectivity index (χ0) is 15.5. The Morgan fingerprint density at radius 2 is 1.90 bits per heavy atom. The van der Waals surface area contributed by atoms with Crippen LogP contribution in [-0.2, 0) is 0 Å². The molecular weight excluding hydrogens is 266 g/mol. The lowest BCUT2D eigenvalue weighted by atomic mass is 9.95. The number of piperidine rings is 1.